The van der Waals surface area contributed by atoms with E-state index in [1.165, 1.54) is 0 Å². The van der Waals surface area contributed by atoms with Gasteiger partial charge in [0.15, 0.2) is 0 Å². The van der Waals surface area contributed by atoms with Crippen molar-refractivity contribution in [1.29, 1.82) is 0 Å². The molecule has 6 nitrogen and oxygen atoms in total. The highest BCUT2D eigenvalue weighted by Crippen LogP contribution is 2.20. The number of aryl methyl sites for hydroxylation is 1. The number of carbonyl (C=O) groups excluding carboxylic acids is 1. The van der Waals surface area contributed by atoms with Gasteiger partial charge in [0.2, 0.25) is 5.91 Å². The van der Waals surface area contributed by atoms with E-state index >= 15 is 0 Å². The van der Waals surface area contributed by atoms with E-state index in [2.05, 4.69) is 15.3 Å². The molecule has 23 heavy (non-hydrogen) atoms. The summed E-state index contributed by atoms with van der Waals surface area (Å²) in [6.45, 7) is 3.27. The topological polar surface area (TPSA) is 93.0 Å². The van der Waals surface area contributed by atoms with Crippen molar-refractivity contribution in [2.24, 2.45) is 11.7 Å². The molecule has 2 aromatic rings. The van der Waals surface area contributed by atoms with Gasteiger partial charge in [-0.3, -0.25) is 4.79 Å². The van der Waals surface area contributed by atoms with Crippen LogP contribution in [0.15, 0.2) is 18.2 Å². The lowest BCUT2D eigenvalue weighted by molar-refractivity contribution is -0.119. The molecule has 0 bridgehead atoms. The summed E-state index contributed by atoms with van der Waals surface area (Å²) in [5.41, 5.74) is 8.60. The van der Waals surface area contributed by atoms with E-state index in [-0.39, 0.29) is 36.6 Å². The molecule has 1 aliphatic rings. The number of nitrogens with two attached hydrogens (primary N) is 1. The largest absolute Gasteiger partial charge is 0.381 e. The van der Waals surface area contributed by atoms with Crippen LogP contribution in [-0.4, -0.2) is 35.1 Å². The number of ether oxygens (including phenoxy) is 1. The van der Waals surface area contributed by atoms with E-state index in [1.54, 1.807) is 0 Å². The van der Waals surface area contributed by atoms with Crippen molar-refractivity contribution in [2.75, 3.05) is 18.5 Å². The highest BCUT2D eigenvalue weighted by molar-refractivity contribution is 5.96. The van der Waals surface area contributed by atoms with Gasteiger partial charge in [-0.15, -0.1) is 24.8 Å². The maximum Gasteiger partial charge on any atom is 0.241 e. The third kappa shape index (κ3) is 4.57. The average molecular weight is 361 g/mol. The van der Waals surface area contributed by atoms with Crippen LogP contribution in [0.25, 0.3) is 11.0 Å². The molecule has 1 unspecified atom stereocenters. The Morgan fingerprint density at radius 1 is 1.39 bits per heavy atom. The van der Waals surface area contributed by atoms with Crippen LogP contribution in [0.4, 0.5) is 5.69 Å². The Kier molecular flexibility index (Phi) is 7.28. The Morgan fingerprint density at radius 3 is 2.78 bits per heavy atom. The number of nitrogens with zero attached hydrogens (tertiary/aromatic N) is 1. The van der Waals surface area contributed by atoms with Crippen LogP contribution < -0.4 is 11.1 Å². The molecular formula is C15H22Cl2N4O2. The highest BCUT2D eigenvalue weighted by Gasteiger charge is 2.26. The molecule has 8 heteroatoms. The second-order valence-electron chi connectivity index (χ2n) is 5.52. The molecule has 0 saturated carbocycles. The number of hydrogen-bond acceptors (Lipinski definition) is 4. The molecule has 1 aliphatic heterocycles. The molecule has 1 aromatic heterocycles. The fourth-order valence-electron chi connectivity index (χ4n) is 2.73. The highest BCUT2D eigenvalue weighted by atomic mass is 35.5. The van der Waals surface area contributed by atoms with Crippen LogP contribution >= 0.6 is 24.8 Å². The molecule has 1 amide bonds. The third-order valence-electron chi connectivity index (χ3n) is 3.94. The molecule has 0 aliphatic carbocycles. The smallest absolute Gasteiger partial charge is 0.241 e. The number of aromatic amines is 1. The van der Waals surface area contributed by atoms with E-state index in [1.807, 2.05) is 25.1 Å². The SMILES string of the molecule is Cc1nc2ccc(NC(=O)C(N)C3CCOCC3)cc2[nH]1.Cl.Cl. The predicted octanol–water partition coefficient (Wildman–Crippen LogP) is 2.41. The summed E-state index contributed by atoms with van der Waals surface area (Å²) in [4.78, 5) is 19.7. The fourth-order valence-corrected chi connectivity index (χ4v) is 2.73. The number of amides is 1. The summed E-state index contributed by atoms with van der Waals surface area (Å²) in [7, 11) is 0. The van der Waals surface area contributed by atoms with E-state index in [0.717, 1.165) is 35.4 Å². The van der Waals surface area contributed by atoms with Gasteiger partial charge in [-0.05, 0) is 43.9 Å². The minimum Gasteiger partial charge on any atom is -0.381 e. The number of imidazole rings is 1. The third-order valence-corrected chi connectivity index (χ3v) is 3.94. The van der Waals surface area contributed by atoms with Crippen molar-refractivity contribution in [3.8, 4) is 0 Å². The van der Waals surface area contributed by atoms with Gasteiger partial charge in [-0.1, -0.05) is 0 Å². The fraction of sp³-hybridized carbons (Fsp3) is 0.467. The van der Waals surface area contributed by atoms with Gasteiger partial charge >= 0.3 is 0 Å². The first-order valence-electron chi connectivity index (χ1n) is 7.24. The first-order valence-corrected chi connectivity index (χ1v) is 7.24. The van der Waals surface area contributed by atoms with Gasteiger partial charge in [0, 0.05) is 18.9 Å². The lowest BCUT2D eigenvalue weighted by Gasteiger charge is -2.26. The predicted molar refractivity (Wildman–Crippen MR) is 95.5 cm³/mol. The van der Waals surface area contributed by atoms with Crippen molar-refractivity contribution < 1.29 is 9.53 Å². The van der Waals surface area contributed by atoms with E-state index in [9.17, 15) is 4.79 Å². The summed E-state index contributed by atoms with van der Waals surface area (Å²) in [5.74, 6) is 0.904. The molecule has 3 rings (SSSR count). The standard InChI is InChI=1S/C15H20N4O2.2ClH/c1-9-17-12-3-2-11(8-13(12)18-9)19-15(20)14(16)10-4-6-21-7-5-10;;/h2-3,8,10,14H,4-7,16H2,1H3,(H,17,18)(H,19,20);2*1H. The van der Waals surface area contributed by atoms with Crippen molar-refractivity contribution in [3.63, 3.8) is 0 Å². The summed E-state index contributed by atoms with van der Waals surface area (Å²) in [6, 6.07) is 5.11. The second-order valence-corrected chi connectivity index (χ2v) is 5.52. The number of nitrogens with one attached hydrogen (secondary N) is 2. The lowest BCUT2D eigenvalue weighted by Crippen LogP contribution is -2.43. The van der Waals surface area contributed by atoms with Crippen LogP contribution in [0.1, 0.15) is 18.7 Å². The summed E-state index contributed by atoms with van der Waals surface area (Å²) in [6.07, 6.45) is 1.68. The minimum atomic E-state index is -0.493. The van der Waals surface area contributed by atoms with Crippen LogP contribution in [-0.2, 0) is 9.53 Å². The van der Waals surface area contributed by atoms with Gasteiger partial charge in [-0.25, -0.2) is 4.98 Å². The summed E-state index contributed by atoms with van der Waals surface area (Å²) in [5, 5.41) is 2.89. The van der Waals surface area contributed by atoms with Crippen LogP contribution in [0.3, 0.4) is 0 Å². The molecule has 2 heterocycles. The number of hydrogen-bond donors (Lipinski definition) is 3. The van der Waals surface area contributed by atoms with Crippen molar-refractivity contribution in [3.05, 3.63) is 24.0 Å². The van der Waals surface area contributed by atoms with E-state index < -0.39 is 6.04 Å². The van der Waals surface area contributed by atoms with Crippen molar-refractivity contribution in [2.45, 2.75) is 25.8 Å². The molecule has 1 fully saturated rings. The quantitative estimate of drug-likeness (QED) is 0.783. The number of H-pyrrole nitrogens is 1. The van der Waals surface area contributed by atoms with Crippen LogP contribution in [0.2, 0.25) is 0 Å². The first-order chi connectivity index (χ1) is 10.1. The number of benzene rings is 1. The zero-order valence-electron chi connectivity index (χ0n) is 12.9. The number of aromatic nitrogens is 2. The zero-order chi connectivity index (χ0) is 14.8. The Bertz CT molecular complexity index is 656. The van der Waals surface area contributed by atoms with Gasteiger partial charge in [0.1, 0.15) is 5.82 Å². The normalized spacial score (nSPS) is 16.3. The molecule has 1 atom stereocenters. The minimum absolute atomic E-state index is 0. The average Bonchev–Trinajstić information content (AvgIpc) is 2.86. The molecule has 1 aromatic carbocycles. The van der Waals surface area contributed by atoms with Gasteiger partial charge in [0.25, 0.3) is 0 Å². The number of fused-ring (bicyclic) bond motifs is 1. The van der Waals surface area contributed by atoms with Gasteiger partial charge in [-0.2, -0.15) is 0 Å². The summed E-state index contributed by atoms with van der Waals surface area (Å²) < 4.78 is 5.30. The summed E-state index contributed by atoms with van der Waals surface area (Å²) >= 11 is 0. The van der Waals surface area contributed by atoms with Gasteiger partial charge in [0.05, 0.1) is 17.1 Å². The monoisotopic (exact) mass is 360 g/mol. The maximum atomic E-state index is 12.3. The van der Waals surface area contributed by atoms with Crippen LogP contribution in [0, 0.1) is 12.8 Å². The number of anilines is 1. The molecule has 0 spiro atoms. The molecule has 128 valence electrons. The maximum absolute atomic E-state index is 12.3. The van der Waals surface area contributed by atoms with Crippen molar-refractivity contribution in [1.82, 2.24) is 9.97 Å². The first kappa shape index (κ1) is 19.7. The van der Waals surface area contributed by atoms with Crippen molar-refractivity contribution >= 4 is 47.4 Å². The zero-order valence-corrected chi connectivity index (χ0v) is 14.5. The second kappa shape index (κ2) is 8.49. The Labute approximate surface area is 147 Å². The van der Waals surface area contributed by atoms with Gasteiger partial charge < -0.3 is 20.8 Å². The molecule has 4 N–H and O–H groups in total. The van der Waals surface area contributed by atoms with Crippen LogP contribution in [0.5, 0.6) is 0 Å². The molecule has 0 radical (unpaired) electrons. The van der Waals surface area contributed by atoms with E-state index in [4.69, 9.17) is 10.5 Å². The number of rotatable bonds is 3. The number of carbonyl (C=O) groups is 1. The number of halogens is 2. The lowest BCUT2D eigenvalue weighted by atomic mass is 9.92. The molecule has 1 saturated heterocycles. The Hall–Kier alpha value is -1.34. The molecular weight excluding hydrogens is 339 g/mol. The Balaban J connectivity index is 0.00000132. The Morgan fingerprint density at radius 2 is 2.09 bits per heavy atom. The van der Waals surface area contributed by atoms with E-state index in [0.29, 0.717) is 13.2 Å².